The highest BCUT2D eigenvalue weighted by atomic mass is 14.9. The third-order valence-electron chi connectivity index (χ3n) is 6.08. The molecule has 0 heterocycles. The fourth-order valence-corrected chi connectivity index (χ4v) is 5.37. The quantitative estimate of drug-likeness (QED) is 0.863. The summed E-state index contributed by atoms with van der Waals surface area (Å²) in [6.45, 7) is 3.25. The first kappa shape index (κ1) is 12.0. The van der Waals surface area contributed by atoms with Gasteiger partial charge in [0.25, 0.3) is 0 Å². The Bertz CT molecular complexity index is 467. The summed E-state index contributed by atoms with van der Waals surface area (Å²) in [5, 5.41) is 3.87. The van der Waals surface area contributed by atoms with E-state index in [1.54, 1.807) is 0 Å². The molecule has 0 aliphatic heterocycles. The van der Waals surface area contributed by atoms with Gasteiger partial charge in [-0.2, -0.15) is 0 Å². The largest absolute Gasteiger partial charge is 0.310 e. The summed E-state index contributed by atoms with van der Waals surface area (Å²) in [5.41, 5.74) is 2.83. The van der Waals surface area contributed by atoms with E-state index < -0.39 is 0 Å². The Kier molecular flexibility index (Phi) is 2.91. The van der Waals surface area contributed by atoms with Crippen LogP contribution in [0.25, 0.3) is 0 Å². The van der Waals surface area contributed by atoms with E-state index in [4.69, 9.17) is 0 Å². The van der Waals surface area contributed by atoms with Gasteiger partial charge in [-0.05, 0) is 61.8 Å². The van der Waals surface area contributed by atoms with Crippen molar-refractivity contribution in [2.24, 2.45) is 23.7 Å². The monoisotopic (exact) mass is 255 g/mol. The van der Waals surface area contributed by atoms with E-state index in [9.17, 15) is 0 Å². The van der Waals surface area contributed by atoms with Gasteiger partial charge in [-0.3, -0.25) is 0 Å². The SMILES string of the molecule is Cc1cccc(CNC2CC3CC2C2CCCC32)c1. The minimum Gasteiger partial charge on any atom is -0.310 e. The summed E-state index contributed by atoms with van der Waals surface area (Å²) < 4.78 is 0. The van der Waals surface area contributed by atoms with Gasteiger partial charge in [0.1, 0.15) is 0 Å². The van der Waals surface area contributed by atoms with Gasteiger partial charge >= 0.3 is 0 Å². The summed E-state index contributed by atoms with van der Waals surface area (Å²) in [4.78, 5) is 0. The molecule has 1 nitrogen and oxygen atoms in total. The van der Waals surface area contributed by atoms with E-state index in [0.717, 1.165) is 36.3 Å². The van der Waals surface area contributed by atoms with Crippen molar-refractivity contribution in [1.82, 2.24) is 5.32 Å². The molecule has 0 aromatic heterocycles. The second-order valence-electron chi connectivity index (χ2n) is 7.13. The van der Waals surface area contributed by atoms with Crippen LogP contribution >= 0.6 is 0 Å². The third kappa shape index (κ3) is 2.03. The lowest BCUT2D eigenvalue weighted by Gasteiger charge is -2.32. The van der Waals surface area contributed by atoms with Gasteiger partial charge in [-0.15, -0.1) is 0 Å². The number of fused-ring (bicyclic) bond motifs is 5. The van der Waals surface area contributed by atoms with E-state index in [0.29, 0.717) is 0 Å². The summed E-state index contributed by atoms with van der Waals surface area (Å²) >= 11 is 0. The number of hydrogen-bond donors (Lipinski definition) is 1. The zero-order chi connectivity index (χ0) is 12.8. The molecular formula is C18H25N. The Hall–Kier alpha value is -0.820. The molecule has 1 aromatic carbocycles. The molecule has 1 heteroatoms. The molecule has 5 unspecified atom stereocenters. The van der Waals surface area contributed by atoms with Crippen molar-refractivity contribution in [1.29, 1.82) is 0 Å². The van der Waals surface area contributed by atoms with Crippen molar-refractivity contribution in [3.8, 4) is 0 Å². The average molecular weight is 255 g/mol. The number of aryl methyl sites for hydroxylation is 1. The standard InChI is InChI=1S/C18H25N/c1-12-4-2-5-13(8-12)11-19-18-10-14-9-17(18)16-7-3-6-15(14)16/h2,4-5,8,14-19H,3,6-7,9-11H2,1H3. The molecule has 3 fully saturated rings. The molecule has 2 bridgehead atoms. The van der Waals surface area contributed by atoms with Gasteiger partial charge in [0.15, 0.2) is 0 Å². The van der Waals surface area contributed by atoms with E-state index in [-0.39, 0.29) is 0 Å². The van der Waals surface area contributed by atoms with Crippen molar-refractivity contribution >= 4 is 0 Å². The van der Waals surface area contributed by atoms with Crippen LogP contribution in [0.3, 0.4) is 0 Å². The molecule has 0 amide bonds. The highest BCUT2D eigenvalue weighted by Gasteiger charge is 2.53. The number of benzene rings is 1. The van der Waals surface area contributed by atoms with Crippen molar-refractivity contribution in [3.63, 3.8) is 0 Å². The van der Waals surface area contributed by atoms with Crippen LogP contribution in [0.1, 0.15) is 43.2 Å². The molecule has 102 valence electrons. The lowest BCUT2D eigenvalue weighted by atomic mass is 9.79. The molecule has 19 heavy (non-hydrogen) atoms. The van der Waals surface area contributed by atoms with Crippen molar-refractivity contribution in [3.05, 3.63) is 35.4 Å². The van der Waals surface area contributed by atoms with Crippen LogP contribution in [0.2, 0.25) is 0 Å². The van der Waals surface area contributed by atoms with E-state index >= 15 is 0 Å². The summed E-state index contributed by atoms with van der Waals surface area (Å²) in [6.07, 6.45) is 7.55. The van der Waals surface area contributed by atoms with Crippen LogP contribution in [0, 0.1) is 30.6 Å². The lowest BCUT2D eigenvalue weighted by molar-refractivity contribution is 0.208. The summed E-state index contributed by atoms with van der Waals surface area (Å²) in [7, 11) is 0. The molecule has 3 saturated carbocycles. The highest BCUT2D eigenvalue weighted by Crippen LogP contribution is 2.58. The smallest absolute Gasteiger partial charge is 0.0208 e. The molecule has 0 radical (unpaired) electrons. The van der Waals surface area contributed by atoms with Gasteiger partial charge in [-0.25, -0.2) is 0 Å². The van der Waals surface area contributed by atoms with Gasteiger partial charge in [0, 0.05) is 12.6 Å². The molecule has 1 N–H and O–H groups in total. The van der Waals surface area contributed by atoms with Crippen LogP contribution in [-0.4, -0.2) is 6.04 Å². The minimum absolute atomic E-state index is 0.810. The van der Waals surface area contributed by atoms with Crippen LogP contribution in [0.4, 0.5) is 0 Å². The number of rotatable bonds is 3. The Morgan fingerprint density at radius 3 is 2.89 bits per heavy atom. The van der Waals surface area contributed by atoms with Crippen molar-refractivity contribution in [2.75, 3.05) is 0 Å². The van der Waals surface area contributed by atoms with E-state index in [1.807, 2.05) is 0 Å². The molecule has 3 aliphatic carbocycles. The maximum absolute atomic E-state index is 3.87. The fraction of sp³-hybridized carbons (Fsp3) is 0.667. The maximum Gasteiger partial charge on any atom is 0.0208 e. The average Bonchev–Trinajstić information content (AvgIpc) is 3.08. The predicted octanol–water partition coefficient (Wildman–Crippen LogP) is 3.91. The summed E-state index contributed by atoms with van der Waals surface area (Å²) in [6, 6.07) is 9.75. The Labute approximate surface area is 116 Å². The van der Waals surface area contributed by atoms with Crippen LogP contribution in [0.15, 0.2) is 24.3 Å². The van der Waals surface area contributed by atoms with Crippen LogP contribution < -0.4 is 5.32 Å². The van der Waals surface area contributed by atoms with Gasteiger partial charge in [-0.1, -0.05) is 36.2 Å². The molecule has 4 rings (SSSR count). The van der Waals surface area contributed by atoms with E-state index in [2.05, 4.69) is 36.5 Å². The molecule has 1 aromatic rings. The van der Waals surface area contributed by atoms with Crippen LogP contribution in [0.5, 0.6) is 0 Å². The molecule has 3 aliphatic rings. The first-order valence-corrected chi connectivity index (χ1v) is 8.10. The minimum atomic E-state index is 0.810. The second kappa shape index (κ2) is 4.63. The number of hydrogen-bond acceptors (Lipinski definition) is 1. The van der Waals surface area contributed by atoms with Crippen LogP contribution in [-0.2, 0) is 6.54 Å². The maximum atomic E-state index is 3.87. The molecule has 0 spiro atoms. The first-order valence-electron chi connectivity index (χ1n) is 8.10. The molecule has 5 atom stereocenters. The first-order chi connectivity index (χ1) is 9.31. The topological polar surface area (TPSA) is 12.0 Å². The Balaban J connectivity index is 1.40. The third-order valence-corrected chi connectivity index (χ3v) is 6.08. The van der Waals surface area contributed by atoms with Crippen molar-refractivity contribution in [2.45, 2.75) is 51.6 Å². The normalized spacial score (nSPS) is 39.7. The Morgan fingerprint density at radius 1 is 1.11 bits per heavy atom. The van der Waals surface area contributed by atoms with Gasteiger partial charge in [0.05, 0.1) is 0 Å². The highest BCUT2D eigenvalue weighted by molar-refractivity contribution is 5.22. The molecular weight excluding hydrogens is 230 g/mol. The Morgan fingerprint density at radius 2 is 2.00 bits per heavy atom. The van der Waals surface area contributed by atoms with Gasteiger partial charge in [0.2, 0.25) is 0 Å². The second-order valence-corrected chi connectivity index (χ2v) is 7.13. The number of nitrogens with one attached hydrogen (secondary N) is 1. The fourth-order valence-electron chi connectivity index (χ4n) is 5.37. The van der Waals surface area contributed by atoms with E-state index in [1.165, 1.54) is 43.2 Å². The summed E-state index contributed by atoms with van der Waals surface area (Å²) in [5.74, 6) is 4.26. The molecule has 0 saturated heterocycles. The zero-order valence-corrected chi connectivity index (χ0v) is 11.9. The lowest BCUT2D eigenvalue weighted by Crippen LogP contribution is -2.38. The van der Waals surface area contributed by atoms with Crippen molar-refractivity contribution < 1.29 is 0 Å². The van der Waals surface area contributed by atoms with Gasteiger partial charge < -0.3 is 5.32 Å². The predicted molar refractivity (Wildman–Crippen MR) is 78.9 cm³/mol. The zero-order valence-electron chi connectivity index (χ0n) is 11.9.